The van der Waals surface area contributed by atoms with Gasteiger partial charge >= 0.3 is 5.97 Å². The summed E-state index contributed by atoms with van der Waals surface area (Å²) < 4.78 is 21.4. The number of fused-ring (bicyclic) bond motifs is 2. The summed E-state index contributed by atoms with van der Waals surface area (Å²) >= 11 is 0. The normalized spacial score (nSPS) is 12.3. The van der Waals surface area contributed by atoms with Gasteiger partial charge in [0.05, 0.1) is 29.2 Å². The number of aromatic nitrogens is 4. The predicted molar refractivity (Wildman–Crippen MR) is 183 cm³/mol. The molecule has 0 saturated heterocycles. The molecule has 0 aliphatic heterocycles. The lowest BCUT2D eigenvalue weighted by Crippen LogP contribution is -2.22. The molecular formula is C34H44N4O4Si2. The van der Waals surface area contributed by atoms with E-state index in [2.05, 4.69) is 74.2 Å². The molecule has 0 aliphatic carbocycles. The minimum absolute atomic E-state index is 0.309. The van der Waals surface area contributed by atoms with Crippen LogP contribution in [0.3, 0.4) is 0 Å². The first-order valence-corrected chi connectivity index (χ1v) is 22.7. The maximum absolute atomic E-state index is 12.5. The summed E-state index contributed by atoms with van der Waals surface area (Å²) in [5.74, 6) is 0.291. The molecule has 0 fully saturated rings. The number of rotatable bonds is 13. The van der Waals surface area contributed by atoms with Crippen molar-refractivity contribution in [3.05, 3.63) is 72.3 Å². The van der Waals surface area contributed by atoms with Crippen molar-refractivity contribution in [2.45, 2.75) is 64.8 Å². The van der Waals surface area contributed by atoms with E-state index in [9.17, 15) is 4.79 Å². The van der Waals surface area contributed by atoms with Crippen LogP contribution in [0.2, 0.25) is 51.4 Å². The molecule has 10 heteroatoms. The number of hydrogen-bond acceptors (Lipinski definition) is 6. The van der Waals surface area contributed by atoms with Gasteiger partial charge in [-0.1, -0.05) is 75.7 Å². The number of carbonyl (C=O) groups excluding carboxylic acids is 1. The van der Waals surface area contributed by atoms with Crippen molar-refractivity contribution in [1.29, 1.82) is 0 Å². The topological polar surface area (TPSA) is 80.4 Å². The number of ether oxygens (including phenoxy) is 3. The molecule has 0 atom stereocenters. The number of nitrogens with zero attached hydrogens (tertiary/aromatic N) is 4. The van der Waals surface area contributed by atoms with Gasteiger partial charge < -0.3 is 14.2 Å². The van der Waals surface area contributed by atoms with Gasteiger partial charge in [0.25, 0.3) is 0 Å². The van der Waals surface area contributed by atoms with Crippen LogP contribution in [0, 0.1) is 0 Å². The highest BCUT2D eigenvalue weighted by atomic mass is 28.3. The second kappa shape index (κ2) is 13.2. The first-order valence-electron chi connectivity index (χ1n) is 15.2. The molecule has 2 heterocycles. The van der Waals surface area contributed by atoms with Crippen LogP contribution in [0.4, 0.5) is 0 Å². The van der Waals surface area contributed by atoms with E-state index in [0.29, 0.717) is 43.8 Å². The third-order valence-electron chi connectivity index (χ3n) is 7.67. The zero-order chi connectivity index (χ0) is 31.5. The molecule has 0 spiro atoms. The third-order valence-corrected chi connectivity index (χ3v) is 11.1. The van der Waals surface area contributed by atoms with Crippen LogP contribution in [0.25, 0.3) is 44.6 Å². The first kappa shape index (κ1) is 31.8. The van der Waals surface area contributed by atoms with Gasteiger partial charge in [-0.25, -0.2) is 14.5 Å². The molecule has 0 N–H and O–H groups in total. The van der Waals surface area contributed by atoms with Gasteiger partial charge in [-0.05, 0) is 53.5 Å². The Kier molecular flexibility index (Phi) is 9.55. The van der Waals surface area contributed by atoms with Crippen molar-refractivity contribution in [2.24, 2.45) is 0 Å². The van der Waals surface area contributed by atoms with Crippen LogP contribution in [-0.2, 0) is 27.7 Å². The molecule has 0 saturated carbocycles. The van der Waals surface area contributed by atoms with Crippen molar-refractivity contribution >= 4 is 44.1 Å². The predicted octanol–water partition coefficient (Wildman–Crippen LogP) is 8.13. The van der Waals surface area contributed by atoms with Gasteiger partial charge in [0.2, 0.25) is 0 Å². The lowest BCUT2D eigenvalue weighted by atomic mass is 10.1. The number of imidazole rings is 1. The van der Waals surface area contributed by atoms with E-state index in [0.717, 1.165) is 45.2 Å². The summed E-state index contributed by atoms with van der Waals surface area (Å²) in [5.41, 5.74) is 6.05. The Balaban J connectivity index is 1.62. The molecule has 0 radical (unpaired) electrons. The molecule has 0 bridgehead atoms. The van der Waals surface area contributed by atoms with Crippen molar-refractivity contribution < 1.29 is 19.0 Å². The van der Waals surface area contributed by atoms with Crippen LogP contribution in [0.15, 0.2) is 66.7 Å². The summed E-state index contributed by atoms with van der Waals surface area (Å²) in [4.78, 5) is 17.6. The molecule has 5 rings (SSSR count). The molecule has 0 amide bonds. The van der Waals surface area contributed by atoms with Crippen molar-refractivity contribution in [2.75, 3.05) is 20.3 Å². The fourth-order valence-electron chi connectivity index (χ4n) is 5.00. The summed E-state index contributed by atoms with van der Waals surface area (Å²) in [6.45, 7) is 16.1. The second-order valence-electron chi connectivity index (χ2n) is 13.7. The van der Waals surface area contributed by atoms with E-state index in [1.807, 2.05) is 35.0 Å². The van der Waals surface area contributed by atoms with E-state index in [1.165, 1.54) is 7.11 Å². The first-order chi connectivity index (χ1) is 20.9. The number of methoxy groups -OCH3 is 1. The average molecular weight is 629 g/mol. The molecule has 0 unspecified atom stereocenters. The van der Waals surface area contributed by atoms with Crippen LogP contribution in [0.1, 0.15) is 10.4 Å². The van der Waals surface area contributed by atoms with Crippen molar-refractivity contribution in [1.82, 2.24) is 19.3 Å². The molecular weight excluding hydrogens is 585 g/mol. The van der Waals surface area contributed by atoms with Crippen LogP contribution in [-0.4, -0.2) is 61.8 Å². The molecule has 0 aliphatic rings. The van der Waals surface area contributed by atoms with E-state index >= 15 is 0 Å². The molecule has 232 valence electrons. The Labute approximate surface area is 262 Å². The maximum Gasteiger partial charge on any atom is 0.337 e. The van der Waals surface area contributed by atoms with E-state index in [4.69, 9.17) is 24.3 Å². The molecule has 44 heavy (non-hydrogen) atoms. The lowest BCUT2D eigenvalue weighted by Gasteiger charge is -2.16. The largest absolute Gasteiger partial charge is 0.465 e. The fraction of sp³-hybridized carbons (Fsp3) is 0.382. The molecule has 8 nitrogen and oxygen atoms in total. The molecule has 5 aromatic rings. The van der Waals surface area contributed by atoms with Gasteiger partial charge in [-0.15, -0.1) is 0 Å². The Morgan fingerprint density at radius 2 is 1.45 bits per heavy atom. The molecule has 3 aromatic carbocycles. The Bertz CT molecular complexity index is 1750. The van der Waals surface area contributed by atoms with Gasteiger partial charge in [-0.3, -0.25) is 4.57 Å². The highest BCUT2D eigenvalue weighted by molar-refractivity contribution is 6.76. The summed E-state index contributed by atoms with van der Waals surface area (Å²) in [5, 5.41) is 5.85. The number of carbonyl (C=O) groups is 1. The van der Waals surface area contributed by atoms with Crippen molar-refractivity contribution in [3.8, 4) is 22.6 Å². The number of hydrogen-bond donors (Lipinski definition) is 0. The SMILES string of the molecule is COC(=O)c1ccc2c(c1)c(-c1nc3ccc(-c4ccccc4)cc3n1COCC[Si](C)(C)C)nn2COCC[Si](C)(C)C. The van der Waals surface area contributed by atoms with Crippen LogP contribution < -0.4 is 0 Å². The number of esters is 1. The molecule has 2 aromatic heterocycles. The fourth-order valence-corrected chi connectivity index (χ4v) is 6.51. The smallest absolute Gasteiger partial charge is 0.337 e. The van der Waals surface area contributed by atoms with Crippen LogP contribution >= 0.6 is 0 Å². The van der Waals surface area contributed by atoms with Crippen LogP contribution in [0.5, 0.6) is 0 Å². The summed E-state index contributed by atoms with van der Waals surface area (Å²) in [6.07, 6.45) is 0. The average Bonchev–Trinajstić information content (AvgIpc) is 3.53. The monoisotopic (exact) mass is 628 g/mol. The quantitative estimate of drug-likeness (QED) is 0.0744. The minimum atomic E-state index is -1.27. The minimum Gasteiger partial charge on any atom is -0.465 e. The third kappa shape index (κ3) is 7.55. The van der Waals surface area contributed by atoms with E-state index in [-0.39, 0.29) is 0 Å². The van der Waals surface area contributed by atoms with Gasteiger partial charge in [0.15, 0.2) is 5.82 Å². The van der Waals surface area contributed by atoms with E-state index < -0.39 is 22.1 Å². The van der Waals surface area contributed by atoms with Gasteiger partial charge in [-0.2, -0.15) is 5.10 Å². The van der Waals surface area contributed by atoms with Gasteiger partial charge in [0, 0.05) is 34.7 Å². The second-order valence-corrected chi connectivity index (χ2v) is 24.9. The number of benzene rings is 3. The standard InChI is InChI=1S/C34H44N4O4Si2/c1-40-34(39)27-14-16-30-28(21-27)32(36-38(30)24-42-18-20-44(5,6)7)33-35-29-15-13-26(25-11-9-8-10-12-25)22-31(29)37(33)23-41-17-19-43(2,3)4/h8-16,21-22H,17-20,23-24H2,1-7H3. The maximum atomic E-state index is 12.5. The van der Waals surface area contributed by atoms with E-state index in [1.54, 1.807) is 6.07 Å². The highest BCUT2D eigenvalue weighted by Crippen LogP contribution is 2.33. The lowest BCUT2D eigenvalue weighted by molar-refractivity contribution is 0.0601. The Hall–Kier alpha value is -3.58. The Morgan fingerprint density at radius 1 is 0.773 bits per heavy atom. The van der Waals surface area contributed by atoms with Gasteiger partial charge in [0.1, 0.15) is 19.2 Å². The summed E-state index contributed by atoms with van der Waals surface area (Å²) in [6, 6.07) is 24.3. The zero-order valence-electron chi connectivity index (χ0n) is 27.0. The zero-order valence-corrected chi connectivity index (χ0v) is 29.0. The van der Waals surface area contributed by atoms with Crippen molar-refractivity contribution in [3.63, 3.8) is 0 Å². The Morgan fingerprint density at radius 3 is 2.11 bits per heavy atom. The summed E-state index contributed by atoms with van der Waals surface area (Å²) in [7, 11) is -1.11. The highest BCUT2D eigenvalue weighted by Gasteiger charge is 2.23.